The number of hydrogen-bond acceptors (Lipinski definition) is 4. The van der Waals surface area contributed by atoms with Crippen molar-refractivity contribution >= 4 is 11.9 Å². The summed E-state index contributed by atoms with van der Waals surface area (Å²) in [6.45, 7) is 14.3. The molecule has 1 aliphatic rings. The second-order valence-electron chi connectivity index (χ2n) is 7.02. The Labute approximate surface area is 115 Å². The number of esters is 2. The summed E-state index contributed by atoms with van der Waals surface area (Å²) < 4.78 is 10.7. The third-order valence-electron chi connectivity index (χ3n) is 2.83. The highest BCUT2D eigenvalue weighted by Gasteiger charge is 2.67. The van der Waals surface area contributed by atoms with Crippen LogP contribution in [0, 0.1) is 11.3 Å². The van der Waals surface area contributed by atoms with Gasteiger partial charge in [0, 0.05) is 5.92 Å². The average Bonchev–Trinajstić information content (AvgIpc) is 2.87. The Morgan fingerprint density at radius 2 is 1.42 bits per heavy atom. The standard InChI is InChI=1S/C15H24O4/c1-8-10-9-15(10,11(16)18-13(2,3)4)12(17)19-14(5,6)7/h8,10H,1,9H2,2-7H3/t10-/m0/s1. The molecule has 0 spiro atoms. The lowest BCUT2D eigenvalue weighted by atomic mass is 10.0. The number of allylic oxidation sites excluding steroid dienone is 1. The van der Waals surface area contributed by atoms with E-state index in [0.717, 1.165) is 0 Å². The van der Waals surface area contributed by atoms with Gasteiger partial charge < -0.3 is 9.47 Å². The summed E-state index contributed by atoms with van der Waals surface area (Å²) in [4.78, 5) is 24.5. The minimum Gasteiger partial charge on any atom is -0.459 e. The van der Waals surface area contributed by atoms with Crippen molar-refractivity contribution in [3.63, 3.8) is 0 Å². The largest absolute Gasteiger partial charge is 0.459 e. The van der Waals surface area contributed by atoms with E-state index in [1.807, 2.05) is 0 Å². The summed E-state index contributed by atoms with van der Waals surface area (Å²) in [5, 5.41) is 0. The van der Waals surface area contributed by atoms with Crippen molar-refractivity contribution in [2.24, 2.45) is 11.3 Å². The van der Waals surface area contributed by atoms with Gasteiger partial charge in [-0.15, -0.1) is 6.58 Å². The molecule has 1 rings (SSSR count). The van der Waals surface area contributed by atoms with Crippen molar-refractivity contribution in [2.75, 3.05) is 0 Å². The van der Waals surface area contributed by atoms with Gasteiger partial charge in [-0.2, -0.15) is 0 Å². The van der Waals surface area contributed by atoms with Crippen LogP contribution in [0.15, 0.2) is 12.7 Å². The van der Waals surface area contributed by atoms with Crippen molar-refractivity contribution in [2.45, 2.75) is 59.2 Å². The molecular weight excluding hydrogens is 244 g/mol. The lowest BCUT2D eigenvalue weighted by Crippen LogP contribution is -2.39. The molecule has 0 aromatic rings. The van der Waals surface area contributed by atoms with Crippen molar-refractivity contribution in [1.29, 1.82) is 0 Å². The average molecular weight is 268 g/mol. The molecule has 19 heavy (non-hydrogen) atoms. The summed E-state index contributed by atoms with van der Waals surface area (Å²) in [5.74, 6) is -1.23. The first-order valence-electron chi connectivity index (χ1n) is 6.52. The van der Waals surface area contributed by atoms with E-state index in [1.54, 1.807) is 47.6 Å². The van der Waals surface area contributed by atoms with Crippen LogP contribution in [-0.2, 0) is 19.1 Å². The summed E-state index contributed by atoms with van der Waals surface area (Å²) in [6, 6.07) is 0. The first-order valence-corrected chi connectivity index (χ1v) is 6.52. The van der Waals surface area contributed by atoms with Crippen LogP contribution in [0.3, 0.4) is 0 Å². The zero-order valence-corrected chi connectivity index (χ0v) is 12.7. The predicted octanol–water partition coefficient (Wildman–Crippen LogP) is 2.86. The molecule has 1 saturated carbocycles. The first-order chi connectivity index (χ1) is 8.42. The number of rotatable bonds is 3. The summed E-state index contributed by atoms with van der Waals surface area (Å²) in [7, 11) is 0. The molecule has 1 fully saturated rings. The molecule has 0 amide bonds. The Balaban J connectivity index is 2.91. The number of ether oxygens (including phenoxy) is 2. The molecule has 4 nitrogen and oxygen atoms in total. The SMILES string of the molecule is C=C[C@H]1CC1(C(=O)OC(C)(C)C)C(=O)OC(C)(C)C. The third kappa shape index (κ3) is 3.58. The fourth-order valence-electron chi connectivity index (χ4n) is 1.86. The molecular formula is C15H24O4. The van der Waals surface area contributed by atoms with Crippen LogP contribution in [0.4, 0.5) is 0 Å². The minimum absolute atomic E-state index is 0.197. The summed E-state index contributed by atoms with van der Waals surface area (Å²) in [5.41, 5.74) is -2.44. The number of hydrogen-bond donors (Lipinski definition) is 0. The fourth-order valence-corrected chi connectivity index (χ4v) is 1.86. The van der Waals surface area contributed by atoms with E-state index in [4.69, 9.17) is 9.47 Å². The second-order valence-corrected chi connectivity index (χ2v) is 7.02. The van der Waals surface area contributed by atoms with Gasteiger partial charge in [-0.3, -0.25) is 9.59 Å². The Morgan fingerprint density at radius 1 is 1.05 bits per heavy atom. The van der Waals surface area contributed by atoms with Crippen LogP contribution in [0.2, 0.25) is 0 Å². The van der Waals surface area contributed by atoms with Gasteiger partial charge in [0.15, 0.2) is 5.41 Å². The molecule has 0 bridgehead atoms. The van der Waals surface area contributed by atoms with Gasteiger partial charge in [0.05, 0.1) is 0 Å². The van der Waals surface area contributed by atoms with Crippen molar-refractivity contribution < 1.29 is 19.1 Å². The molecule has 4 heteroatoms. The third-order valence-corrected chi connectivity index (χ3v) is 2.83. The van der Waals surface area contributed by atoms with E-state index in [-0.39, 0.29) is 5.92 Å². The maximum atomic E-state index is 12.3. The smallest absolute Gasteiger partial charge is 0.324 e. The highest BCUT2D eigenvalue weighted by Crippen LogP contribution is 2.56. The summed E-state index contributed by atoms with van der Waals surface area (Å²) >= 11 is 0. The fraction of sp³-hybridized carbons (Fsp3) is 0.733. The monoisotopic (exact) mass is 268 g/mol. The van der Waals surface area contributed by atoms with E-state index < -0.39 is 28.6 Å². The van der Waals surface area contributed by atoms with Crippen LogP contribution in [-0.4, -0.2) is 23.1 Å². The first kappa shape index (κ1) is 15.7. The van der Waals surface area contributed by atoms with Crippen LogP contribution in [0.25, 0.3) is 0 Å². The Morgan fingerprint density at radius 3 is 1.63 bits per heavy atom. The Kier molecular flexibility index (Phi) is 3.86. The molecule has 0 unspecified atom stereocenters. The predicted molar refractivity (Wildman–Crippen MR) is 72.4 cm³/mol. The van der Waals surface area contributed by atoms with Gasteiger partial charge in [0.25, 0.3) is 0 Å². The maximum Gasteiger partial charge on any atom is 0.324 e. The zero-order valence-electron chi connectivity index (χ0n) is 12.7. The van der Waals surface area contributed by atoms with E-state index in [0.29, 0.717) is 6.42 Å². The molecule has 0 aliphatic heterocycles. The van der Waals surface area contributed by atoms with Crippen LogP contribution < -0.4 is 0 Å². The van der Waals surface area contributed by atoms with Crippen molar-refractivity contribution in [3.8, 4) is 0 Å². The Bertz CT molecular complexity index is 367. The second kappa shape index (κ2) is 4.66. The van der Waals surface area contributed by atoms with Gasteiger partial charge in [-0.05, 0) is 48.0 Å². The van der Waals surface area contributed by atoms with E-state index in [1.165, 1.54) is 0 Å². The van der Waals surface area contributed by atoms with Crippen molar-refractivity contribution in [1.82, 2.24) is 0 Å². The van der Waals surface area contributed by atoms with Crippen LogP contribution in [0.1, 0.15) is 48.0 Å². The lowest BCUT2D eigenvalue weighted by Gasteiger charge is -2.26. The molecule has 0 saturated heterocycles. The van der Waals surface area contributed by atoms with E-state index in [2.05, 4.69) is 6.58 Å². The molecule has 0 aromatic heterocycles. The van der Waals surface area contributed by atoms with Crippen molar-refractivity contribution in [3.05, 3.63) is 12.7 Å². The Hall–Kier alpha value is -1.32. The van der Waals surface area contributed by atoms with Gasteiger partial charge >= 0.3 is 11.9 Å². The molecule has 0 aromatic carbocycles. The van der Waals surface area contributed by atoms with E-state index in [9.17, 15) is 9.59 Å². The lowest BCUT2D eigenvalue weighted by molar-refractivity contribution is -0.177. The topological polar surface area (TPSA) is 52.6 Å². The molecule has 0 heterocycles. The van der Waals surface area contributed by atoms with Gasteiger partial charge in [-0.25, -0.2) is 0 Å². The molecule has 1 atom stereocenters. The maximum absolute atomic E-state index is 12.3. The highest BCUT2D eigenvalue weighted by atomic mass is 16.6. The molecule has 108 valence electrons. The van der Waals surface area contributed by atoms with Crippen LogP contribution in [0.5, 0.6) is 0 Å². The highest BCUT2D eigenvalue weighted by molar-refractivity contribution is 6.04. The molecule has 0 radical (unpaired) electrons. The number of carbonyl (C=O) groups excluding carboxylic acids is 2. The van der Waals surface area contributed by atoms with E-state index >= 15 is 0 Å². The van der Waals surface area contributed by atoms with Gasteiger partial charge in [0.1, 0.15) is 11.2 Å². The normalized spacial score (nSPS) is 21.5. The summed E-state index contributed by atoms with van der Waals surface area (Å²) in [6.07, 6.45) is 2.04. The van der Waals surface area contributed by atoms with Gasteiger partial charge in [0.2, 0.25) is 0 Å². The number of carbonyl (C=O) groups is 2. The molecule has 0 N–H and O–H groups in total. The quantitative estimate of drug-likeness (QED) is 0.448. The van der Waals surface area contributed by atoms with Crippen LogP contribution >= 0.6 is 0 Å². The molecule has 1 aliphatic carbocycles. The zero-order chi connectivity index (χ0) is 15.1. The van der Waals surface area contributed by atoms with Gasteiger partial charge in [-0.1, -0.05) is 6.08 Å². The minimum atomic E-state index is -1.19.